The molecule has 2 aliphatic rings. The first kappa shape index (κ1) is 17.9. The molecular weight excluding hydrogens is 357 g/mol. The molecule has 1 heterocycles. The Balaban J connectivity index is 1.55. The molecule has 2 saturated carbocycles. The van der Waals surface area contributed by atoms with E-state index in [0.29, 0.717) is 5.82 Å². The zero-order valence-corrected chi connectivity index (χ0v) is 14.6. The number of hydrogen-bond donors (Lipinski definition) is 1. The molecule has 1 aromatic heterocycles. The molecule has 0 amide bonds. The minimum absolute atomic E-state index is 0.148. The van der Waals surface area contributed by atoms with Crippen LogP contribution in [0.3, 0.4) is 0 Å². The maximum absolute atomic E-state index is 12.8. The standard InChI is InChI=1S/C20H19F3N2O2/c21-20(22,23)14-7-5-12(6-8-14)15(11-1-2-11)9-17(26)16-10-18(27)25-19(24-16)13-3-4-13/h5-8,10-11,13,15H,1-4,9H2,(H,24,25,27)/t15-/m1/s1. The molecule has 7 heteroatoms. The van der Waals surface area contributed by atoms with Gasteiger partial charge in [-0.25, -0.2) is 4.98 Å². The summed E-state index contributed by atoms with van der Waals surface area (Å²) < 4.78 is 38.3. The van der Waals surface area contributed by atoms with Crippen LogP contribution in [-0.4, -0.2) is 15.8 Å². The lowest BCUT2D eigenvalue weighted by atomic mass is 9.88. The van der Waals surface area contributed by atoms with Gasteiger partial charge in [0.1, 0.15) is 11.5 Å². The fraction of sp³-hybridized carbons (Fsp3) is 0.450. The molecular formula is C20H19F3N2O2. The number of benzene rings is 1. The summed E-state index contributed by atoms with van der Waals surface area (Å²) in [6.45, 7) is 0. The number of hydrogen-bond acceptors (Lipinski definition) is 3. The zero-order valence-electron chi connectivity index (χ0n) is 14.6. The third-order valence-electron chi connectivity index (χ3n) is 5.27. The third-order valence-corrected chi connectivity index (χ3v) is 5.27. The minimum atomic E-state index is -4.38. The number of aromatic amines is 1. The van der Waals surface area contributed by atoms with Crippen LogP contribution in [-0.2, 0) is 6.18 Å². The van der Waals surface area contributed by atoms with Crippen molar-refractivity contribution in [3.8, 4) is 0 Å². The summed E-state index contributed by atoms with van der Waals surface area (Å²) in [5.74, 6) is 0.684. The molecule has 0 saturated heterocycles. The van der Waals surface area contributed by atoms with Crippen molar-refractivity contribution in [2.24, 2.45) is 5.92 Å². The number of nitrogens with one attached hydrogen (secondary N) is 1. The van der Waals surface area contributed by atoms with Gasteiger partial charge in [-0.3, -0.25) is 9.59 Å². The van der Waals surface area contributed by atoms with Crippen LogP contribution in [0.4, 0.5) is 13.2 Å². The Bertz CT molecular complexity index is 910. The fourth-order valence-electron chi connectivity index (χ4n) is 3.45. The lowest BCUT2D eigenvalue weighted by Gasteiger charge is -2.17. The van der Waals surface area contributed by atoms with E-state index in [-0.39, 0.29) is 41.2 Å². The van der Waals surface area contributed by atoms with Crippen LogP contribution in [0.2, 0.25) is 0 Å². The molecule has 1 atom stereocenters. The van der Waals surface area contributed by atoms with Crippen molar-refractivity contribution in [2.75, 3.05) is 0 Å². The number of carbonyl (C=O) groups is 1. The molecule has 0 radical (unpaired) electrons. The highest BCUT2D eigenvalue weighted by molar-refractivity contribution is 5.94. The highest BCUT2D eigenvalue weighted by Crippen LogP contribution is 2.45. The van der Waals surface area contributed by atoms with Crippen molar-refractivity contribution >= 4 is 5.78 Å². The van der Waals surface area contributed by atoms with Gasteiger partial charge in [0.05, 0.1) is 5.56 Å². The monoisotopic (exact) mass is 376 g/mol. The summed E-state index contributed by atoms with van der Waals surface area (Å²) in [4.78, 5) is 31.6. The molecule has 0 aliphatic heterocycles. The molecule has 2 aliphatic carbocycles. The Kier molecular flexibility index (Phi) is 4.40. The zero-order chi connectivity index (χ0) is 19.2. The smallest absolute Gasteiger partial charge is 0.310 e. The average molecular weight is 376 g/mol. The molecule has 4 rings (SSSR count). The van der Waals surface area contributed by atoms with Gasteiger partial charge in [-0.2, -0.15) is 13.2 Å². The lowest BCUT2D eigenvalue weighted by molar-refractivity contribution is -0.137. The number of H-pyrrole nitrogens is 1. The number of Topliss-reactive ketones (excluding diaryl/α,β-unsaturated/α-hetero) is 1. The van der Waals surface area contributed by atoms with Crippen LogP contribution >= 0.6 is 0 Å². The van der Waals surface area contributed by atoms with Crippen LogP contribution in [0.15, 0.2) is 35.1 Å². The van der Waals surface area contributed by atoms with Crippen molar-refractivity contribution in [3.05, 3.63) is 63.3 Å². The van der Waals surface area contributed by atoms with Gasteiger partial charge < -0.3 is 4.98 Å². The van der Waals surface area contributed by atoms with Crippen LogP contribution in [0, 0.1) is 5.92 Å². The molecule has 4 nitrogen and oxygen atoms in total. The molecule has 2 aromatic rings. The van der Waals surface area contributed by atoms with E-state index in [0.717, 1.165) is 43.4 Å². The molecule has 0 bridgehead atoms. The van der Waals surface area contributed by atoms with Gasteiger partial charge in [0.25, 0.3) is 5.56 Å². The van der Waals surface area contributed by atoms with Crippen LogP contribution < -0.4 is 5.56 Å². The summed E-state index contributed by atoms with van der Waals surface area (Å²) in [6.07, 6.45) is -0.411. The van der Waals surface area contributed by atoms with Crippen LogP contribution in [0.25, 0.3) is 0 Å². The molecule has 27 heavy (non-hydrogen) atoms. The maximum atomic E-state index is 12.8. The van der Waals surface area contributed by atoms with Crippen molar-refractivity contribution in [1.29, 1.82) is 0 Å². The van der Waals surface area contributed by atoms with E-state index in [1.165, 1.54) is 18.2 Å². The Morgan fingerprint density at radius 3 is 2.37 bits per heavy atom. The van der Waals surface area contributed by atoms with Gasteiger partial charge in [0.15, 0.2) is 5.78 Å². The predicted octanol–water partition coefficient (Wildman–Crippen LogP) is 4.43. The topological polar surface area (TPSA) is 62.8 Å². The summed E-state index contributed by atoms with van der Waals surface area (Å²) in [5.41, 5.74) is -0.158. The second-order valence-electron chi connectivity index (χ2n) is 7.48. The number of nitrogens with zero attached hydrogens (tertiary/aromatic N) is 1. The molecule has 0 spiro atoms. The Labute approximate surface area is 153 Å². The largest absolute Gasteiger partial charge is 0.416 e. The first-order valence-corrected chi connectivity index (χ1v) is 9.13. The molecule has 1 N–H and O–H groups in total. The summed E-state index contributed by atoms with van der Waals surface area (Å²) in [7, 11) is 0. The van der Waals surface area contributed by atoms with Crippen LogP contribution in [0.5, 0.6) is 0 Å². The van der Waals surface area contributed by atoms with Crippen molar-refractivity contribution in [2.45, 2.75) is 50.1 Å². The van der Waals surface area contributed by atoms with E-state index in [2.05, 4.69) is 9.97 Å². The number of ketones is 1. The van der Waals surface area contributed by atoms with Crippen molar-refractivity contribution in [3.63, 3.8) is 0 Å². The van der Waals surface area contributed by atoms with E-state index in [1.807, 2.05) is 0 Å². The quantitative estimate of drug-likeness (QED) is 0.759. The first-order chi connectivity index (χ1) is 12.8. The maximum Gasteiger partial charge on any atom is 0.416 e. The molecule has 0 unspecified atom stereocenters. The Morgan fingerprint density at radius 2 is 1.81 bits per heavy atom. The van der Waals surface area contributed by atoms with E-state index >= 15 is 0 Å². The minimum Gasteiger partial charge on any atom is -0.310 e. The summed E-state index contributed by atoms with van der Waals surface area (Å²) in [6, 6.07) is 6.25. The third kappa shape index (κ3) is 4.12. The van der Waals surface area contributed by atoms with Gasteiger partial charge >= 0.3 is 6.18 Å². The van der Waals surface area contributed by atoms with Crippen molar-refractivity contribution in [1.82, 2.24) is 9.97 Å². The summed E-state index contributed by atoms with van der Waals surface area (Å²) >= 11 is 0. The number of aromatic nitrogens is 2. The lowest BCUT2D eigenvalue weighted by Crippen LogP contribution is -2.17. The number of halogens is 3. The molecule has 2 fully saturated rings. The molecule has 1 aromatic carbocycles. The number of rotatable bonds is 6. The highest BCUT2D eigenvalue weighted by atomic mass is 19.4. The predicted molar refractivity (Wildman–Crippen MR) is 92.7 cm³/mol. The van der Waals surface area contributed by atoms with E-state index < -0.39 is 11.7 Å². The van der Waals surface area contributed by atoms with Gasteiger partial charge in [-0.05, 0) is 55.2 Å². The van der Waals surface area contributed by atoms with Crippen LogP contribution in [0.1, 0.15) is 71.4 Å². The van der Waals surface area contributed by atoms with Gasteiger partial charge in [-0.15, -0.1) is 0 Å². The van der Waals surface area contributed by atoms with E-state index in [4.69, 9.17) is 0 Å². The normalized spacial score (nSPS) is 18.3. The van der Waals surface area contributed by atoms with Gasteiger partial charge in [-0.1, -0.05) is 12.1 Å². The van der Waals surface area contributed by atoms with E-state index in [9.17, 15) is 22.8 Å². The highest BCUT2D eigenvalue weighted by Gasteiger charge is 2.36. The van der Waals surface area contributed by atoms with Crippen molar-refractivity contribution < 1.29 is 18.0 Å². The van der Waals surface area contributed by atoms with Gasteiger partial charge in [0, 0.05) is 18.4 Å². The number of carbonyl (C=O) groups excluding carboxylic acids is 1. The molecule has 142 valence electrons. The fourth-order valence-corrected chi connectivity index (χ4v) is 3.45. The Hall–Kier alpha value is -2.44. The second-order valence-corrected chi connectivity index (χ2v) is 7.48. The van der Waals surface area contributed by atoms with Gasteiger partial charge in [0.2, 0.25) is 0 Å². The first-order valence-electron chi connectivity index (χ1n) is 9.13. The Morgan fingerprint density at radius 1 is 1.15 bits per heavy atom. The SMILES string of the molecule is O=C(C[C@@H](c1ccc(C(F)(F)F)cc1)C1CC1)c1cc(=O)[nH]c(C2CC2)n1. The van der Waals surface area contributed by atoms with E-state index in [1.54, 1.807) is 0 Å². The average Bonchev–Trinajstić information content (AvgIpc) is 3.51. The number of alkyl halides is 3. The summed E-state index contributed by atoms with van der Waals surface area (Å²) in [5, 5.41) is 0. The second kappa shape index (κ2) is 6.62.